The molecule has 0 atom stereocenters. The molecule has 140 valence electrons. The van der Waals surface area contributed by atoms with Crippen molar-refractivity contribution in [3.63, 3.8) is 0 Å². The van der Waals surface area contributed by atoms with Crippen molar-refractivity contribution in [2.45, 2.75) is 24.1 Å². The van der Waals surface area contributed by atoms with Gasteiger partial charge in [-0.25, -0.2) is 8.42 Å². The van der Waals surface area contributed by atoms with Crippen molar-refractivity contribution in [1.29, 1.82) is 0 Å². The van der Waals surface area contributed by atoms with Crippen LogP contribution in [0.3, 0.4) is 0 Å². The van der Waals surface area contributed by atoms with Crippen LogP contribution in [0.4, 0.5) is 5.69 Å². The highest BCUT2D eigenvalue weighted by Gasteiger charge is 2.21. The average Bonchev–Trinajstić information content (AvgIpc) is 2.95. The van der Waals surface area contributed by atoms with E-state index in [1.165, 1.54) is 25.1 Å². The van der Waals surface area contributed by atoms with Gasteiger partial charge in [0.25, 0.3) is 10.0 Å². The number of fused-ring (bicyclic) bond motifs is 1. The summed E-state index contributed by atoms with van der Waals surface area (Å²) in [5.74, 6) is 0.756. The number of hydrogen-bond acceptors (Lipinski definition) is 6. The van der Waals surface area contributed by atoms with Gasteiger partial charge in [0.2, 0.25) is 5.91 Å². The first-order chi connectivity index (χ1) is 12.3. The number of anilines is 1. The molecule has 0 saturated heterocycles. The quantitative estimate of drug-likeness (QED) is 0.781. The van der Waals surface area contributed by atoms with Crippen LogP contribution in [0.2, 0.25) is 5.02 Å². The summed E-state index contributed by atoms with van der Waals surface area (Å²) >= 11 is 7.27. The van der Waals surface area contributed by atoms with Crippen molar-refractivity contribution in [2.24, 2.45) is 0 Å². The monoisotopic (exact) mass is 416 g/mol. The van der Waals surface area contributed by atoms with Gasteiger partial charge in [0.05, 0.1) is 30.5 Å². The van der Waals surface area contributed by atoms with Gasteiger partial charge in [-0.05, 0) is 12.1 Å². The van der Waals surface area contributed by atoms with Gasteiger partial charge in [-0.15, -0.1) is 11.3 Å². The van der Waals surface area contributed by atoms with Crippen molar-refractivity contribution >= 4 is 44.6 Å². The van der Waals surface area contributed by atoms with Crippen LogP contribution in [0.15, 0.2) is 28.5 Å². The second kappa shape index (κ2) is 7.73. The number of halogens is 1. The summed E-state index contributed by atoms with van der Waals surface area (Å²) < 4.78 is 38.9. The summed E-state index contributed by atoms with van der Waals surface area (Å²) in [6.07, 6.45) is 0.736. The average molecular weight is 417 g/mol. The molecule has 1 amide bonds. The van der Waals surface area contributed by atoms with Gasteiger partial charge in [0, 0.05) is 30.4 Å². The number of ether oxygens (including phenoxy) is 2. The number of amides is 1. The maximum atomic E-state index is 12.6. The Kier molecular flexibility index (Phi) is 5.59. The number of rotatable bonds is 5. The summed E-state index contributed by atoms with van der Waals surface area (Å²) in [5.41, 5.74) is 0.215. The van der Waals surface area contributed by atoms with Gasteiger partial charge in [-0.1, -0.05) is 11.6 Å². The van der Waals surface area contributed by atoms with Crippen molar-refractivity contribution in [3.8, 4) is 11.5 Å². The molecule has 0 fully saturated rings. The van der Waals surface area contributed by atoms with Crippen LogP contribution < -0.4 is 19.5 Å². The van der Waals surface area contributed by atoms with Gasteiger partial charge < -0.3 is 14.8 Å². The zero-order valence-electron chi connectivity index (χ0n) is 13.9. The molecule has 1 aromatic carbocycles. The molecule has 1 aliphatic rings. The molecule has 1 aromatic heterocycles. The molecule has 0 bridgehead atoms. The van der Waals surface area contributed by atoms with E-state index in [-0.39, 0.29) is 27.4 Å². The third kappa shape index (κ3) is 4.40. The fourth-order valence-electron chi connectivity index (χ4n) is 2.27. The second-order valence-electron chi connectivity index (χ2n) is 5.57. The molecule has 0 spiro atoms. The molecule has 0 saturated carbocycles. The Labute approximate surface area is 160 Å². The van der Waals surface area contributed by atoms with E-state index in [1.54, 1.807) is 6.07 Å². The SMILES string of the molecule is CC(=O)NCc1ccc(S(=O)(=O)Nc2cc3c(cc2Cl)OCCCO3)s1. The zero-order valence-corrected chi connectivity index (χ0v) is 16.3. The van der Waals surface area contributed by atoms with Crippen LogP contribution in [0.5, 0.6) is 11.5 Å². The van der Waals surface area contributed by atoms with Gasteiger partial charge >= 0.3 is 0 Å². The molecular weight excluding hydrogens is 400 g/mol. The largest absolute Gasteiger partial charge is 0.490 e. The predicted octanol–water partition coefficient (Wildman–Crippen LogP) is 3.00. The van der Waals surface area contributed by atoms with Gasteiger partial charge in [-0.2, -0.15) is 0 Å². The fraction of sp³-hybridized carbons (Fsp3) is 0.312. The van der Waals surface area contributed by atoms with Crippen LogP contribution in [0.1, 0.15) is 18.2 Å². The lowest BCUT2D eigenvalue weighted by Crippen LogP contribution is -2.18. The molecular formula is C16H17ClN2O5S2. The Bertz CT molecular complexity index is 927. The second-order valence-corrected chi connectivity index (χ2v) is 9.05. The molecule has 2 aromatic rings. The first kappa shape index (κ1) is 18.8. The van der Waals surface area contributed by atoms with Crippen molar-refractivity contribution in [1.82, 2.24) is 5.32 Å². The number of thiophene rings is 1. The number of nitrogens with one attached hydrogen (secondary N) is 2. The van der Waals surface area contributed by atoms with Gasteiger partial charge in [-0.3, -0.25) is 9.52 Å². The fourth-order valence-corrected chi connectivity index (χ4v) is 4.89. The lowest BCUT2D eigenvalue weighted by Gasteiger charge is -2.13. The van der Waals surface area contributed by atoms with Gasteiger partial charge in [0.15, 0.2) is 11.5 Å². The number of carbonyl (C=O) groups excluding carboxylic acids is 1. The smallest absolute Gasteiger partial charge is 0.271 e. The van der Waals surface area contributed by atoms with Crippen molar-refractivity contribution in [2.75, 3.05) is 17.9 Å². The molecule has 26 heavy (non-hydrogen) atoms. The molecule has 2 heterocycles. The maximum absolute atomic E-state index is 12.6. The van der Waals surface area contributed by atoms with E-state index in [9.17, 15) is 13.2 Å². The molecule has 0 radical (unpaired) electrons. The number of hydrogen-bond donors (Lipinski definition) is 2. The van der Waals surface area contributed by atoms with E-state index >= 15 is 0 Å². The first-order valence-corrected chi connectivity index (χ1v) is 10.5. The van der Waals surface area contributed by atoms with Gasteiger partial charge in [0.1, 0.15) is 4.21 Å². The van der Waals surface area contributed by atoms with Crippen LogP contribution in [0, 0.1) is 0 Å². The van der Waals surface area contributed by atoms with Crippen molar-refractivity contribution < 1.29 is 22.7 Å². The molecule has 2 N–H and O–H groups in total. The third-order valence-electron chi connectivity index (χ3n) is 3.49. The van der Waals surface area contributed by atoms with Crippen molar-refractivity contribution in [3.05, 3.63) is 34.2 Å². The molecule has 0 unspecified atom stereocenters. The van der Waals surface area contributed by atoms with Crippen LogP contribution in [-0.4, -0.2) is 27.5 Å². The molecule has 3 rings (SSSR count). The van der Waals surface area contributed by atoms with E-state index in [1.807, 2.05) is 0 Å². The highest BCUT2D eigenvalue weighted by Crippen LogP contribution is 2.38. The Morgan fingerprint density at radius 3 is 2.62 bits per heavy atom. The van der Waals surface area contributed by atoms with Crippen LogP contribution in [-0.2, 0) is 21.4 Å². The summed E-state index contributed by atoms with van der Waals surface area (Å²) in [7, 11) is -3.81. The lowest BCUT2D eigenvalue weighted by molar-refractivity contribution is -0.119. The minimum absolute atomic E-state index is 0.126. The summed E-state index contributed by atoms with van der Waals surface area (Å²) in [4.78, 5) is 11.7. The van der Waals surface area contributed by atoms with Crippen LogP contribution >= 0.6 is 22.9 Å². The molecule has 7 nitrogen and oxygen atoms in total. The Hall–Kier alpha value is -1.97. The number of carbonyl (C=O) groups is 1. The standard InChI is InChI=1S/C16H17ClN2O5S2/c1-10(20)18-9-11-3-4-16(25-11)26(21,22)19-13-8-15-14(7-12(13)17)23-5-2-6-24-15/h3-4,7-8,19H,2,5-6,9H2,1H3,(H,18,20). The number of sulfonamides is 1. The predicted molar refractivity (Wildman–Crippen MR) is 99.7 cm³/mol. The first-order valence-electron chi connectivity index (χ1n) is 7.80. The molecule has 0 aliphatic carbocycles. The zero-order chi connectivity index (χ0) is 18.7. The number of benzene rings is 1. The Morgan fingerprint density at radius 1 is 1.23 bits per heavy atom. The summed E-state index contributed by atoms with van der Waals surface area (Å²) in [5, 5.41) is 2.85. The van der Waals surface area contributed by atoms with E-state index in [2.05, 4.69) is 10.0 Å². The van der Waals surface area contributed by atoms with E-state index in [0.717, 1.165) is 22.6 Å². The topological polar surface area (TPSA) is 93.7 Å². The minimum Gasteiger partial charge on any atom is -0.490 e. The Morgan fingerprint density at radius 2 is 1.92 bits per heavy atom. The summed E-state index contributed by atoms with van der Waals surface area (Å²) in [6.45, 7) is 2.68. The molecule has 10 heteroatoms. The highest BCUT2D eigenvalue weighted by atomic mass is 35.5. The normalized spacial score (nSPS) is 13.8. The van der Waals surface area contributed by atoms with Crippen LogP contribution in [0.25, 0.3) is 0 Å². The molecule has 1 aliphatic heterocycles. The maximum Gasteiger partial charge on any atom is 0.271 e. The summed E-state index contributed by atoms with van der Waals surface area (Å²) in [6, 6.07) is 6.20. The minimum atomic E-state index is -3.81. The lowest BCUT2D eigenvalue weighted by atomic mass is 10.3. The van der Waals surface area contributed by atoms with E-state index in [0.29, 0.717) is 24.7 Å². The highest BCUT2D eigenvalue weighted by molar-refractivity contribution is 7.94. The van der Waals surface area contributed by atoms with E-state index < -0.39 is 10.0 Å². The third-order valence-corrected chi connectivity index (χ3v) is 6.75. The van der Waals surface area contributed by atoms with E-state index in [4.69, 9.17) is 21.1 Å². The Balaban J connectivity index is 1.81.